The second-order valence-electron chi connectivity index (χ2n) is 6.58. The molecule has 2 heterocycles. The zero-order valence-corrected chi connectivity index (χ0v) is 15.0. The molecule has 1 saturated heterocycles. The topological polar surface area (TPSA) is 65.5 Å². The van der Waals surface area contributed by atoms with Crippen molar-refractivity contribution >= 4 is 34.9 Å². The smallest absolute Gasteiger partial charge is 0.321 e. The molecular formula is C16H23Cl2N3O2. The number of aromatic nitrogens is 1. The van der Waals surface area contributed by atoms with Crippen molar-refractivity contribution < 1.29 is 9.90 Å². The number of rotatable bonds is 4. The Morgan fingerprint density at radius 3 is 2.43 bits per heavy atom. The summed E-state index contributed by atoms with van der Waals surface area (Å²) in [5.74, 6) is 0.571. The van der Waals surface area contributed by atoms with Crippen molar-refractivity contribution in [2.24, 2.45) is 5.92 Å². The highest BCUT2D eigenvalue weighted by Crippen LogP contribution is 2.29. The fourth-order valence-corrected chi connectivity index (χ4v) is 3.13. The standard InChI is InChI=1S/C16H23Cl2N3O2/c1-11(2)3-4-16(23)5-7-21(8-6-16)15(22)19-12-9-13(17)20-14(18)10-12/h9-11,23H,3-8H2,1-2H3,(H,19,20,22). The summed E-state index contributed by atoms with van der Waals surface area (Å²) in [6.07, 6.45) is 2.99. The molecular weight excluding hydrogens is 337 g/mol. The Morgan fingerprint density at radius 2 is 1.91 bits per heavy atom. The molecule has 0 unspecified atom stereocenters. The van der Waals surface area contributed by atoms with Gasteiger partial charge in [-0.05, 0) is 43.7 Å². The van der Waals surface area contributed by atoms with Crippen molar-refractivity contribution in [3.05, 3.63) is 22.4 Å². The fraction of sp³-hybridized carbons (Fsp3) is 0.625. The predicted molar refractivity (Wildman–Crippen MR) is 93.1 cm³/mol. The van der Waals surface area contributed by atoms with E-state index in [1.807, 2.05) is 0 Å². The van der Waals surface area contributed by atoms with E-state index in [-0.39, 0.29) is 16.3 Å². The van der Waals surface area contributed by atoms with Crippen LogP contribution in [0.1, 0.15) is 39.5 Å². The van der Waals surface area contributed by atoms with Crippen molar-refractivity contribution in [1.82, 2.24) is 9.88 Å². The Kier molecular flexibility index (Phi) is 6.12. The first kappa shape index (κ1) is 18.3. The molecule has 1 aliphatic heterocycles. The summed E-state index contributed by atoms with van der Waals surface area (Å²) in [7, 11) is 0. The maximum absolute atomic E-state index is 12.3. The van der Waals surface area contributed by atoms with Crippen LogP contribution in [0.2, 0.25) is 10.3 Å². The van der Waals surface area contributed by atoms with Crippen LogP contribution in [-0.2, 0) is 0 Å². The molecule has 128 valence electrons. The van der Waals surface area contributed by atoms with E-state index in [9.17, 15) is 9.90 Å². The SMILES string of the molecule is CC(C)CCC1(O)CCN(C(=O)Nc2cc(Cl)nc(Cl)c2)CC1. The van der Waals surface area contributed by atoms with E-state index in [1.54, 1.807) is 17.0 Å². The minimum absolute atomic E-state index is 0.214. The van der Waals surface area contributed by atoms with Crippen molar-refractivity contribution in [2.45, 2.75) is 45.1 Å². The Labute approximate surface area is 147 Å². The lowest BCUT2D eigenvalue weighted by atomic mass is 9.85. The van der Waals surface area contributed by atoms with Crippen LogP contribution in [0.5, 0.6) is 0 Å². The number of carbonyl (C=O) groups is 1. The maximum Gasteiger partial charge on any atom is 0.321 e. The van der Waals surface area contributed by atoms with Crippen molar-refractivity contribution in [2.75, 3.05) is 18.4 Å². The molecule has 1 fully saturated rings. The van der Waals surface area contributed by atoms with Gasteiger partial charge in [0.05, 0.1) is 5.60 Å². The van der Waals surface area contributed by atoms with Crippen LogP contribution in [0.25, 0.3) is 0 Å². The van der Waals surface area contributed by atoms with E-state index in [2.05, 4.69) is 24.1 Å². The van der Waals surface area contributed by atoms with E-state index in [4.69, 9.17) is 23.2 Å². The predicted octanol–water partition coefficient (Wildman–Crippen LogP) is 4.18. The molecule has 2 amide bonds. The molecule has 0 atom stereocenters. The third kappa shape index (κ3) is 5.52. The van der Waals surface area contributed by atoms with Crippen LogP contribution >= 0.6 is 23.2 Å². The number of likely N-dealkylation sites (tertiary alicyclic amines) is 1. The molecule has 0 aromatic carbocycles. The number of anilines is 1. The number of amides is 2. The summed E-state index contributed by atoms with van der Waals surface area (Å²) in [6, 6.07) is 2.89. The molecule has 23 heavy (non-hydrogen) atoms. The Morgan fingerprint density at radius 1 is 1.35 bits per heavy atom. The summed E-state index contributed by atoms with van der Waals surface area (Å²) in [6.45, 7) is 5.37. The minimum atomic E-state index is -0.648. The highest BCUT2D eigenvalue weighted by Gasteiger charge is 2.33. The third-order valence-corrected chi connectivity index (χ3v) is 4.57. The number of nitrogens with zero attached hydrogens (tertiary/aromatic N) is 2. The van der Waals surface area contributed by atoms with Gasteiger partial charge in [0, 0.05) is 18.8 Å². The van der Waals surface area contributed by atoms with Gasteiger partial charge < -0.3 is 15.3 Å². The highest BCUT2D eigenvalue weighted by atomic mass is 35.5. The normalized spacial score (nSPS) is 17.4. The monoisotopic (exact) mass is 359 g/mol. The van der Waals surface area contributed by atoms with Crippen LogP contribution < -0.4 is 5.32 Å². The van der Waals surface area contributed by atoms with E-state index < -0.39 is 5.60 Å². The molecule has 1 aliphatic rings. The summed E-state index contributed by atoms with van der Waals surface area (Å²) >= 11 is 11.6. The summed E-state index contributed by atoms with van der Waals surface area (Å²) < 4.78 is 0. The Bertz CT molecular complexity index is 538. The molecule has 5 nitrogen and oxygen atoms in total. The van der Waals surface area contributed by atoms with Crippen LogP contribution in [0.4, 0.5) is 10.5 Å². The molecule has 0 radical (unpaired) electrons. The first-order valence-corrected chi connectivity index (χ1v) is 8.64. The molecule has 1 aromatic heterocycles. The highest BCUT2D eigenvalue weighted by molar-refractivity contribution is 6.32. The zero-order valence-electron chi connectivity index (χ0n) is 13.5. The molecule has 0 aliphatic carbocycles. The molecule has 2 rings (SSSR count). The number of nitrogens with one attached hydrogen (secondary N) is 1. The number of piperidine rings is 1. The molecule has 0 bridgehead atoms. The quantitative estimate of drug-likeness (QED) is 0.792. The van der Waals surface area contributed by atoms with Gasteiger partial charge in [-0.25, -0.2) is 9.78 Å². The number of hydrogen-bond donors (Lipinski definition) is 2. The number of halogens is 2. The summed E-state index contributed by atoms with van der Waals surface area (Å²) in [5, 5.41) is 13.8. The number of hydrogen-bond acceptors (Lipinski definition) is 3. The molecule has 0 spiro atoms. The maximum atomic E-state index is 12.3. The molecule has 1 aromatic rings. The summed E-state index contributed by atoms with van der Waals surface area (Å²) in [4.78, 5) is 17.8. The van der Waals surface area contributed by atoms with Crippen molar-refractivity contribution in [1.29, 1.82) is 0 Å². The first-order chi connectivity index (χ1) is 10.8. The van der Waals surface area contributed by atoms with Crippen LogP contribution in [0.3, 0.4) is 0 Å². The number of carbonyl (C=O) groups excluding carboxylic acids is 1. The van der Waals surface area contributed by atoms with Crippen LogP contribution in [0, 0.1) is 5.92 Å². The van der Waals surface area contributed by atoms with E-state index in [0.717, 1.165) is 12.8 Å². The number of aliphatic hydroxyl groups is 1. The average molecular weight is 360 g/mol. The molecule has 2 N–H and O–H groups in total. The lowest BCUT2D eigenvalue weighted by Gasteiger charge is -2.38. The van der Waals surface area contributed by atoms with Crippen LogP contribution in [0.15, 0.2) is 12.1 Å². The minimum Gasteiger partial charge on any atom is -0.390 e. The van der Waals surface area contributed by atoms with Crippen molar-refractivity contribution in [3.63, 3.8) is 0 Å². The van der Waals surface area contributed by atoms with Gasteiger partial charge in [-0.2, -0.15) is 0 Å². The van der Waals surface area contributed by atoms with E-state index in [1.165, 1.54) is 0 Å². The Balaban J connectivity index is 1.88. The van der Waals surface area contributed by atoms with Gasteiger partial charge in [0.1, 0.15) is 10.3 Å². The largest absolute Gasteiger partial charge is 0.390 e. The van der Waals surface area contributed by atoms with Gasteiger partial charge >= 0.3 is 6.03 Å². The second kappa shape index (κ2) is 7.69. The van der Waals surface area contributed by atoms with E-state index in [0.29, 0.717) is 37.5 Å². The number of pyridine rings is 1. The van der Waals surface area contributed by atoms with Crippen LogP contribution in [-0.4, -0.2) is 39.7 Å². The first-order valence-electron chi connectivity index (χ1n) is 7.89. The Hall–Kier alpha value is -1.04. The lowest BCUT2D eigenvalue weighted by molar-refractivity contribution is -0.0215. The van der Waals surface area contributed by atoms with Gasteiger partial charge in [0.15, 0.2) is 0 Å². The third-order valence-electron chi connectivity index (χ3n) is 4.18. The summed E-state index contributed by atoms with van der Waals surface area (Å²) in [5.41, 5.74) is -0.134. The lowest BCUT2D eigenvalue weighted by Crippen LogP contribution is -2.48. The second-order valence-corrected chi connectivity index (χ2v) is 7.35. The van der Waals surface area contributed by atoms with E-state index >= 15 is 0 Å². The van der Waals surface area contributed by atoms with Gasteiger partial charge in [-0.3, -0.25) is 0 Å². The van der Waals surface area contributed by atoms with Crippen molar-refractivity contribution in [3.8, 4) is 0 Å². The van der Waals surface area contributed by atoms with Gasteiger partial charge in [-0.1, -0.05) is 37.0 Å². The number of urea groups is 1. The van der Waals surface area contributed by atoms with Gasteiger partial charge in [-0.15, -0.1) is 0 Å². The average Bonchev–Trinajstić information content (AvgIpc) is 2.45. The molecule has 7 heteroatoms. The van der Waals surface area contributed by atoms with Gasteiger partial charge in [0.2, 0.25) is 0 Å². The fourth-order valence-electron chi connectivity index (χ4n) is 2.67. The van der Waals surface area contributed by atoms with Gasteiger partial charge in [0.25, 0.3) is 0 Å². The molecule has 0 saturated carbocycles. The zero-order chi connectivity index (χ0) is 17.0.